The molecule has 0 heterocycles. The summed E-state index contributed by atoms with van der Waals surface area (Å²) in [7, 11) is 0. The van der Waals surface area contributed by atoms with Crippen molar-refractivity contribution in [2.45, 2.75) is 18.3 Å². The fourth-order valence-corrected chi connectivity index (χ4v) is 1.36. The predicted octanol–water partition coefficient (Wildman–Crippen LogP) is -3.37. The van der Waals surface area contributed by atoms with Gasteiger partial charge in [-0.05, 0) is 11.8 Å². The van der Waals surface area contributed by atoms with Crippen molar-refractivity contribution in [2.24, 2.45) is 0 Å². The first-order valence-electron chi connectivity index (χ1n) is 3.15. The summed E-state index contributed by atoms with van der Waals surface area (Å²) in [5, 5.41) is 25.2. The van der Waals surface area contributed by atoms with Gasteiger partial charge < -0.3 is 16.7 Å². The number of carboxylic acid groups (broad SMARTS) is 2. The van der Waals surface area contributed by atoms with E-state index in [9.17, 15) is 19.5 Å². The van der Waals surface area contributed by atoms with Gasteiger partial charge in [0.25, 0.3) is 0 Å². The van der Waals surface area contributed by atoms with E-state index in [1.807, 2.05) is 0 Å². The molecule has 8 heteroatoms. The van der Waals surface area contributed by atoms with Crippen LogP contribution in [0.3, 0.4) is 0 Å². The smallest absolute Gasteiger partial charge is 1.00 e. The van der Waals surface area contributed by atoms with Crippen LogP contribution in [0.1, 0.15) is 14.8 Å². The van der Waals surface area contributed by atoms with Crippen LogP contribution in [0, 0.1) is 0 Å². The minimum absolute atomic E-state index is 0. The first-order chi connectivity index (χ1) is 5.78. The number of aliphatic hydroxyl groups is 1. The molecular weight excluding hydrogens is 223 g/mol. The molecule has 0 aromatic rings. The van der Waals surface area contributed by atoms with Gasteiger partial charge in [-0.15, -0.1) is 0 Å². The van der Waals surface area contributed by atoms with E-state index >= 15 is 0 Å². The molecule has 1 atom stereocenters. The molecule has 0 rings (SSSR count). The third-order valence-electron chi connectivity index (χ3n) is 1.04. The number of thioether (sulfide) groups is 1. The van der Waals surface area contributed by atoms with E-state index in [2.05, 4.69) is 0 Å². The molecule has 0 fully saturated rings. The first-order valence-corrected chi connectivity index (χ1v) is 3.97. The Morgan fingerprint density at radius 1 is 1.36 bits per heavy atom. The topological polar surface area (TPSA) is 112 Å². The molecule has 0 radical (unpaired) electrons. The maximum absolute atomic E-state index is 10.5. The molecule has 0 aromatic carbocycles. The number of carbonyl (C=O) groups excluding carboxylic acids is 1. The number of rotatable bonds is 4. The Balaban J connectivity index is -0.000000720. The maximum atomic E-state index is 10.5. The number of carboxylic acids is 2. The molecule has 14 heavy (non-hydrogen) atoms. The molecule has 6 nitrogen and oxygen atoms in total. The van der Waals surface area contributed by atoms with Crippen molar-refractivity contribution in [1.29, 1.82) is 0 Å². The third kappa shape index (κ3) is 5.61. The van der Waals surface area contributed by atoms with E-state index in [0.29, 0.717) is 0 Å². The van der Waals surface area contributed by atoms with Gasteiger partial charge in [-0.2, -0.15) is 0 Å². The van der Waals surface area contributed by atoms with Gasteiger partial charge in [0.2, 0.25) is 4.93 Å². The summed E-state index contributed by atoms with van der Waals surface area (Å²) in [5.74, 6) is -3.23. The molecule has 0 aliphatic rings. The maximum Gasteiger partial charge on any atom is 1.00 e. The Labute approximate surface area is 107 Å². The van der Waals surface area contributed by atoms with Crippen LogP contribution in [0.5, 0.6) is 0 Å². The van der Waals surface area contributed by atoms with Crippen LogP contribution in [0.2, 0.25) is 0 Å². The Kier molecular flexibility index (Phi) is 7.49. The monoisotopic (exact) mass is 232 g/mol. The Morgan fingerprint density at radius 3 is 2.00 bits per heavy atom. The van der Waals surface area contributed by atoms with Gasteiger partial charge in [-0.1, -0.05) is 0 Å². The Morgan fingerprint density at radius 2 is 1.79 bits per heavy atom. The normalized spacial score (nSPS) is 13.6. The molecule has 0 spiro atoms. The standard InChI is InChI=1S/C6H8O6S.Na.H/c1-3(7)13-6(12,5(10)11)2-4(8)9;;/h12H,2H2,1H3,(H,8,9)(H,10,11);;/q;+1;-1. The van der Waals surface area contributed by atoms with E-state index in [0.717, 1.165) is 6.92 Å². The zero-order valence-corrected chi connectivity index (χ0v) is 10.5. The second-order valence-corrected chi connectivity index (χ2v) is 3.71. The molecule has 0 saturated heterocycles. The first kappa shape index (κ1) is 16.4. The van der Waals surface area contributed by atoms with Crippen molar-refractivity contribution in [3.8, 4) is 0 Å². The molecule has 0 saturated carbocycles. The zero-order chi connectivity index (χ0) is 10.6. The summed E-state index contributed by atoms with van der Waals surface area (Å²) < 4.78 is 0. The van der Waals surface area contributed by atoms with Crippen molar-refractivity contribution < 1.29 is 60.7 Å². The van der Waals surface area contributed by atoms with E-state index in [-0.39, 0.29) is 42.7 Å². The van der Waals surface area contributed by atoms with E-state index in [4.69, 9.17) is 10.2 Å². The SMILES string of the molecule is CC(=O)SC(O)(CC(=O)O)C(=O)O.[H-].[Na+]. The molecule has 3 N–H and O–H groups in total. The van der Waals surface area contributed by atoms with Crippen LogP contribution < -0.4 is 29.6 Å². The van der Waals surface area contributed by atoms with Gasteiger partial charge in [-0.25, -0.2) is 4.79 Å². The van der Waals surface area contributed by atoms with Crippen LogP contribution >= 0.6 is 11.8 Å². The molecule has 0 aliphatic carbocycles. The molecule has 76 valence electrons. The minimum atomic E-state index is -2.57. The van der Waals surface area contributed by atoms with Gasteiger partial charge in [0, 0.05) is 6.92 Å². The van der Waals surface area contributed by atoms with Gasteiger partial charge in [0.1, 0.15) is 0 Å². The molecule has 0 amide bonds. The summed E-state index contributed by atoms with van der Waals surface area (Å²) in [5.41, 5.74) is 0. The van der Waals surface area contributed by atoms with Gasteiger partial charge in [0.05, 0.1) is 6.42 Å². The second kappa shape index (κ2) is 6.41. The van der Waals surface area contributed by atoms with Crippen molar-refractivity contribution in [1.82, 2.24) is 0 Å². The van der Waals surface area contributed by atoms with Crippen LogP contribution in [0.15, 0.2) is 0 Å². The fraction of sp³-hybridized carbons (Fsp3) is 0.500. The summed E-state index contributed by atoms with van der Waals surface area (Å²) in [6.07, 6.45) is -1.02. The quantitative estimate of drug-likeness (QED) is 0.342. The van der Waals surface area contributed by atoms with E-state index in [1.54, 1.807) is 0 Å². The summed E-state index contributed by atoms with van der Waals surface area (Å²) in [6, 6.07) is 0. The number of carbonyl (C=O) groups is 3. The molecule has 0 bridgehead atoms. The van der Waals surface area contributed by atoms with Crippen molar-refractivity contribution in [3.05, 3.63) is 0 Å². The molecule has 0 aromatic heterocycles. The third-order valence-corrected chi connectivity index (χ3v) is 1.98. The van der Waals surface area contributed by atoms with Crippen LogP contribution in [0.4, 0.5) is 0 Å². The number of aliphatic carboxylic acids is 2. The van der Waals surface area contributed by atoms with Crippen molar-refractivity contribution in [3.63, 3.8) is 0 Å². The van der Waals surface area contributed by atoms with Crippen LogP contribution in [0.25, 0.3) is 0 Å². The number of hydrogen-bond acceptors (Lipinski definition) is 5. The molecule has 1 unspecified atom stereocenters. The zero-order valence-electron chi connectivity index (χ0n) is 8.68. The predicted molar refractivity (Wildman–Crippen MR) is 44.2 cm³/mol. The van der Waals surface area contributed by atoms with E-state index < -0.39 is 28.4 Å². The van der Waals surface area contributed by atoms with Crippen LogP contribution in [-0.2, 0) is 14.4 Å². The van der Waals surface area contributed by atoms with Crippen LogP contribution in [-0.4, -0.2) is 37.3 Å². The summed E-state index contributed by atoms with van der Waals surface area (Å²) in [4.78, 5) is 28.5. The minimum Gasteiger partial charge on any atom is -1.00 e. The summed E-state index contributed by atoms with van der Waals surface area (Å²) >= 11 is 0.0746. The number of hydrogen-bond donors (Lipinski definition) is 3. The Bertz CT molecular complexity index is 242. The molecule has 0 aliphatic heterocycles. The summed E-state index contributed by atoms with van der Waals surface area (Å²) in [6.45, 7) is 1.04. The average Bonchev–Trinajstić information content (AvgIpc) is 1.82. The Hall–Kier alpha value is -0.0800. The molecular formula is C6H9NaO6S. The largest absolute Gasteiger partial charge is 1.00 e. The van der Waals surface area contributed by atoms with Crippen molar-refractivity contribution >= 4 is 28.8 Å². The van der Waals surface area contributed by atoms with Gasteiger partial charge in [-0.3, -0.25) is 9.59 Å². The van der Waals surface area contributed by atoms with Crippen molar-refractivity contribution in [2.75, 3.05) is 0 Å². The average molecular weight is 232 g/mol. The fourth-order valence-electron chi connectivity index (χ4n) is 0.598. The van der Waals surface area contributed by atoms with Gasteiger partial charge in [0.15, 0.2) is 5.12 Å². The second-order valence-electron chi connectivity index (χ2n) is 2.25. The van der Waals surface area contributed by atoms with Gasteiger partial charge >= 0.3 is 41.5 Å². The van der Waals surface area contributed by atoms with E-state index in [1.165, 1.54) is 0 Å².